The predicted octanol–water partition coefficient (Wildman–Crippen LogP) is 5.09. The number of carbonyl (C=O) groups is 1. The van der Waals surface area contributed by atoms with Gasteiger partial charge in [-0.2, -0.15) is 26.3 Å². The van der Waals surface area contributed by atoms with Gasteiger partial charge in [0.1, 0.15) is 0 Å². The van der Waals surface area contributed by atoms with Crippen LogP contribution in [0.3, 0.4) is 0 Å². The van der Waals surface area contributed by atoms with Crippen LogP contribution in [0.4, 0.5) is 36.8 Å². The summed E-state index contributed by atoms with van der Waals surface area (Å²) in [4.78, 5) is 11.7. The smallest absolute Gasteiger partial charge is 0.338 e. The van der Waals surface area contributed by atoms with Crippen LogP contribution in [-0.4, -0.2) is 12.6 Å². The van der Waals surface area contributed by atoms with E-state index in [2.05, 4.69) is 5.32 Å². The Labute approximate surface area is 145 Å². The molecule has 2 rings (SSSR count). The molecule has 0 aromatic heterocycles. The summed E-state index contributed by atoms with van der Waals surface area (Å²) in [6.45, 7) is 0.168. The number of nitrogens with one attached hydrogen (secondary N) is 2. The number of halogens is 6. The average Bonchev–Trinajstić information content (AvgIpc) is 2.54. The van der Waals surface area contributed by atoms with Crippen molar-refractivity contribution in [1.29, 1.82) is 0 Å². The standard InChI is InChI=1S/C17H14F6N2O/c18-16(19,20)12-8-13(17(21,22)23)10-14(9-12)25-15(26)24-7-6-11-4-2-1-3-5-11/h1-5,8-10H,6-7H2,(H2,24,25,26). The van der Waals surface area contributed by atoms with Gasteiger partial charge in [0.25, 0.3) is 0 Å². The first-order valence-electron chi connectivity index (χ1n) is 7.44. The Morgan fingerprint density at radius 3 is 1.88 bits per heavy atom. The maximum absolute atomic E-state index is 12.8. The fourth-order valence-electron chi connectivity index (χ4n) is 2.17. The summed E-state index contributed by atoms with van der Waals surface area (Å²) in [5.74, 6) is 0. The van der Waals surface area contributed by atoms with Crippen LogP contribution in [-0.2, 0) is 18.8 Å². The van der Waals surface area contributed by atoms with Gasteiger partial charge in [0.15, 0.2) is 0 Å². The molecule has 3 nitrogen and oxygen atoms in total. The second kappa shape index (κ2) is 7.67. The van der Waals surface area contributed by atoms with E-state index in [4.69, 9.17) is 0 Å². The fraction of sp³-hybridized carbons (Fsp3) is 0.235. The van der Waals surface area contributed by atoms with Gasteiger partial charge < -0.3 is 10.6 Å². The molecule has 0 aliphatic carbocycles. The third-order valence-corrected chi connectivity index (χ3v) is 3.39. The molecule has 0 saturated carbocycles. The minimum atomic E-state index is -4.97. The fourth-order valence-corrected chi connectivity index (χ4v) is 2.17. The molecule has 0 saturated heterocycles. The highest BCUT2D eigenvalue weighted by Gasteiger charge is 2.37. The monoisotopic (exact) mass is 376 g/mol. The third kappa shape index (κ3) is 5.68. The molecular weight excluding hydrogens is 362 g/mol. The molecule has 2 N–H and O–H groups in total. The van der Waals surface area contributed by atoms with Gasteiger partial charge in [0.05, 0.1) is 11.1 Å². The molecule has 2 aromatic carbocycles. The van der Waals surface area contributed by atoms with E-state index < -0.39 is 35.2 Å². The SMILES string of the molecule is O=C(NCCc1ccccc1)Nc1cc(C(F)(F)F)cc(C(F)(F)F)c1. The van der Waals surface area contributed by atoms with Gasteiger partial charge in [0.2, 0.25) is 0 Å². The molecule has 0 fully saturated rings. The Balaban J connectivity index is 2.06. The number of carbonyl (C=O) groups excluding carboxylic acids is 1. The molecule has 0 radical (unpaired) electrons. The van der Waals surface area contributed by atoms with Crippen molar-refractivity contribution in [3.05, 3.63) is 65.2 Å². The lowest BCUT2D eigenvalue weighted by molar-refractivity contribution is -0.143. The summed E-state index contributed by atoms with van der Waals surface area (Å²) in [6, 6.07) is 9.07. The van der Waals surface area contributed by atoms with E-state index in [-0.39, 0.29) is 12.6 Å². The molecule has 2 aromatic rings. The summed E-state index contributed by atoms with van der Waals surface area (Å²) in [5.41, 5.74) is -2.66. The van der Waals surface area contributed by atoms with Crippen LogP contribution in [0.15, 0.2) is 48.5 Å². The first kappa shape index (κ1) is 19.6. The van der Waals surface area contributed by atoms with E-state index in [1.165, 1.54) is 0 Å². The zero-order valence-electron chi connectivity index (χ0n) is 13.2. The highest BCUT2D eigenvalue weighted by atomic mass is 19.4. The molecule has 0 atom stereocenters. The zero-order chi connectivity index (χ0) is 19.4. The van der Waals surface area contributed by atoms with Gasteiger partial charge in [-0.25, -0.2) is 4.79 Å². The average molecular weight is 376 g/mol. The van der Waals surface area contributed by atoms with Crippen molar-refractivity contribution in [2.45, 2.75) is 18.8 Å². The first-order valence-corrected chi connectivity index (χ1v) is 7.44. The van der Waals surface area contributed by atoms with Crippen molar-refractivity contribution >= 4 is 11.7 Å². The van der Waals surface area contributed by atoms with Gasteiger partial charge in [0, 0.05) is 12.2 Å². The molecule has 140 valence electrons. The zero-order valence-corrected chi connectivity index (χ0v) is 13.2. The van der Waals surface area contributed by atoms with Crippen molar-refractivity contribution in [2.75, 3.05) is 11.9 Å². The highest BCUT2D eigenvalue weighted by molar-refractivity contribution is 5.89. The van der Waals surface area contributed by atoms with Crippen molar-refractivity contribution in [3.63, 3.8) is 0 Å². The molecule has 2 amide bonds. The van der Waals surface area contributed by atoms with Gasteiger partial charge in [-0.3, -0.25) is 0 Å². The van der Waals surface area contributed by atoms with Gasteiger partial charge >= 0.3 is 18.4 Å². The minimum Gasteiger partial charge on any atom is -0.338 e. The molecule has 0 heterocycles. The van der Waals surface area contributed by atoms with Crippen molar-refractivity contribution in [2.24, 2.45) is 0 Å². The Morgan fingerprint density at radius 1 is 0.846 bits per heavy atom. The van der Waals surface area contributed by atoms with Gasteiger partial charge in [-0.15, -0.1) is 0 Å². The van der Waals surface area contributed by atoms with E-state index in [0.29, 0.717) is 18.6 Å². The summed E-state index contributed by atoms with van der Waals surface area (Å²) < 4.78 is 76.6. The molecular formula is C17H14F6N2O. The number of urea groups is 1. The largest absolute Gasteiger partial charge is 0.416 e. The van der Waals surface area contributed by atoms with E-state index in [1.807, 2.05) is 23.5 Å². The first-order chi connectivity index (χ1) is 12.1. The molecule has 9 heteroatoms. The molecule has 0 aliphatic rings. The number of amides is 2. The molecule has 0 bridgehead atoms. The van der Waals surface area contributed by atoms with E-state index in [9.17, 15) is 31.1 Å². The van der Waals surface area contributed by atoms with Crippen molar-refractivity contribution < 1.29 is 31.1 Å². The van der Waals surface area contributed by atoms with Crippen LogP contribution in [0.5, 0.6) is 0 Å². The summed E-state index contributed by atoms with van der Waals surface area (Å²) in [7, 11) is 0. The van der Waals surface area contributed by atoms with Crippen LogP contribution >= 0.6 is 0 Å². The molecule has 26 heavy (non-hydrogen) atoms. The van der Waals surface area contributed by atoms with Crippen LogP contribution in [0.1, 0.15) is 16.7 Å². The quantitative estimate of drug-likeness (QED) is 0.718. The van der Waals surface area contributed by atoms with Gasteiger partial charge in [-0.1, -0.05) is 30.3 Å². The van der Waals surface area contributed by atoms with Crippen molar-refractivity contribution in [1.82, 2.24) is 5.32 Å². The van der Waals surface area contributed by atoms with E-state index in [0.717, 1.165) is 5.56 Å². The number of rotatable bonds is 4. The van der Waals surface area contributed by atoms with E-state index in [1.54, 1.807) is 12.1 Å². The lowest BCUT2D eigenvalue weighted by atomic mass is 10.1. The summed E-state index contributed by atoms with van der Waals surface area (Å²) in [6.07, 6.45) is -9.48. The second-order valence-electron chi connectivity index (χ2n) is 5.41. The maximum atomic E-state index is 12.8. The summed E-state index contributed by atoms with van der Waals surface area (Å²) in [5, 5.41) is 4.39. The maximum Gasteiger partial charge on any atom is 0.416 e. The predicted molar refractivity (Wildman–Crippen MR) is 83.6 cm³/mol. The second-order valence-corrected chi connectivity index (χ2v) is 5.41. The van der Waals surface area contributed by atoms with Crippen LogP contribution in [0.25, 0.3) is 0 Å². The van der Waals surface area contributed by atoms with Crippen LogP contribution < -0.4 is 10.6 Å². The Hall–Kier alpha value is -2.71. The van der Waals surface area contributed by atoms with Gasteiger partial charge in [-0.05, 0) is 30.2 Å². The lowest BCUT2D eigenvalue weighted by Crippen LogP contribution is -2.30. The Kier molecular flexibility index (Phi) is 5.79. The number of hydrogen-bond donors (Lipinski definition) is 2. The Morgan fingerprint density at radius 2 is 1.38 bits per heavy atom. The van der Waals surface area contributed by atoms with Crippen LogP contribution in [0, 0.1) is 0 Å². The van der Waals surface area contributed by atoms with Crippen molar-refractivity contribution in [3.8, 4) is 0 Å². The normalized spacial score (nSPS) is 11.9. The minimum absolute atomic E-state index is 0.00150. The number of hydrogen-bond acceptors (Lipinski definition) is 1. The number of anilines is 1. The lowest BCUT2D eigenvalue weighted by Gasteiger charge is -2.15. The van der Waals surface area contributed by atoms with Crippen LogP contribution in [0.2, 0.25) is 0 Å². The highest BCUT2D eigenvalue weighted by Crippen LogP contribution is 2.37. The topological polar surface area (TPSA) is 41.1 Å². The molecule has 0 unspecified atom stereocenters. The molecule has 0 aliphatic heterocycles. The molecule has 0 spiro atoms. The van der Waals surface area contributed by atoms with E-state index >= 15 is 0 Å². The summed E-state index contributed by atoms with van der Waals surface area (Å²) >= 11 is 0. The number of alkyl halides is 6. The third-order valence-electron chi connectivity index (χ3n) is 3.39. The number of benzene rings is 2. The Bertz CT molecular complexity index is 724.